The number of esters is 1. The zero-order valence-corrected chi connectivity index (χ0v) is 17.0. The molecule has 2 aromatic carbocycles. The van der Waals surface area contributed by atoms with Gasteiger partial charge in [0.2, 0.25) is 0 Å². The highest BCUT2D eigenvalue weighted by molar-refractivity contribution is 7.15. The van der Waals surface area contributed by atoms with Crippen LogP contribution in [0.15, 0.2) is 47.8 Å². The minimum atomic E-state index is -0.632. The number of nitro benzene ring substituents is 1. The summed E-state index contributed by atoms with van der Waals surface area (Å²) >= 11 is 7.06. The molecule has 1 N–H and O–H groups in total. The van der Waals surface area contributed by atoms with Gasteiger partial charge in [0.15, 0.2) is 0 Å². The number of halogens is 1. The summed E-state index contributed by atoms with van der Waals surface area (Å²) in [6.07, 6.45) is 0. The van der Waals surface area contributed by atoms with Crippen molar-refractivity contribution < 1.29 is 19.2 Å². The molecule has 3 aromatic rings. The van der Waals surface area contributed by atoms with E-state index in [0.29, 0.717) is 10.6 Å². The Morgan fingerprint density at radius 2 is 1.86 bits per heavy atom. The van der Waals surface area contributed by atoms with E-state index >= 15 is 0 Å². The zero-order valence-electron chi connectivity index (χ0n) is 15.4. The topological polar surface area (TPSA) is 98.5 Å². The van der Waals surface area contributed by atoms with Gasteiger partial charge in [-0.25, -0.2) is 4.79 Å². The van der Waals surface area contributed by atoms with Gasteiger partial charge in [0.25, 0.3) is 11.6 Å². The third-order valence-electron chi connectivity index (χ3n) is 4.18. The molecule has 1 heterocycles. The highest BCUT2D eigenvalue weighted by Crippen LogP contribution is 2.36. The standard InChI is InChI=1S/C20H15ClN2O5S/c1-11-3-5-12(6-4-11)14-10-29-19(17(14)20(25)28-2)22-18(24)13-7-8-16(23(26)27)15(21)9-13/h3-10H,1-2H3,(H,22,24). The molecule has 0 spiro atoms. The molecule has 9 heteroatoms. The van der Waals surface area contributed by atoms with Crippen LogP contribution in [0.3, 0.4) is 0 Å². The van der Waals surface area contributed by atoms with Crippen LogP contribution in [0.25, 0.3) is 11.1 Å². The van der Waals surface area contributed by atoms with Crippen molar-refractivity contribution in [3.8, 4) is 11.1 Å². The lowest BCUT2D eigenvalue weighted by Gasteiger charge is -2.08. The number of anilines is 1. The van der Waals surface area contributed by atoms with E-state index in [9.17, 15) is 19.7 Å². The molecule has 0 aliphatic heterocycles. The number of methoxy groups -OCH3 is 1. The molecular weight excluding hydrogens is 416 g/mol. The molecule has 148 valence electrons. The maximum absolute atomic E-state index is 12.6. The minimum Gasteiger partial charge on any atom is -0.465 e. The Morgan fingerprint density at radius 1 is 1.17 bits per heavy atom. The first-order chi connectivity index (χ1) is 13.8. The van der Waals surface area contributed by atoms with Crippen LogP contribution in [0.4, 0.5) is 10.7 Å². The SMILES string of the molecule is COC(=O)c1c(-c2ccc(C)cc2)csc1NC(=O)c1ccc([N+](=O)[O-])c(Cl)c1. The fourth-order valence-electron chi connectivity index (χ4n) is 2.67. The summed E-state index contributed by atoms with van der Waals surface area (Å²) < 4.78 is 4.89. The Morgan fingerprint density at radius 3 is 2.45 bits per heavy atom. The first-order valence-electron chi connectivity index (χ1n) is 8.34. The molecule has 1 amide bonds. The fraction of sp³-hybridized carbons (Fsp3) is 0.100. The first kappa shape index (κ1) is 20.5. The smallest absolute Gasteiger partial charge is 0.341 e. The average Bonchev–Trinajstić information content (AvgIpc) is 3.11. The Kier molecular flexibility index (Phi) is 5.95. The number of amides is 1. The van der Waals surface area contributed by atoms with Crippen LogP contribution in [-0.4, -0.2) is 23.9 Å². The molecule has 0 bridgehead atoms. The lowest BCUT2D eigenvalue weighted by Crippen LogP contribution is -2.14. The number of carbonyl (C=O) groups is 2. The summed E-state index contributed by atoms with van der Waals surface area (Å²) in [5.74, 6) is -1.14. The lowest BCUT2D eigenvalue weighted by atomic mass is 10.0. The van der Waals surface area contributed by atoms with E-state index in [4.69, 9.17) is 16.3 Å². The zero-order chi connectivity index (χ0) is 21.1. The van der Waals surface area contributed by atoms with Crippen molar-refractivity contribution in [2.45, 2.75) is 6.92 Å². The van der Waals surface area contributed by atoms with Gasteiger partial charge >= 0.3 is 5.97 Å². The van der Waals surface area contributed by atoms with Crippen molar-refractivity contribution in [2.75, 3.05) is 12.4 Å². The van der Waals surface area contributed by atoms with Crippen LogP contribution in [0.5, 0.6) is 0 Å². The van der Waals surface area contributed by atoms with Crippen LogP contribution >= 0.6 is 22.9 Å². The van der Waals surface area contributed by atoms with Crippen LogP contribution in [0.2, 0.25) is 5.02 Å². The second-order valence-corrected chi connectivity index (χ2v) is 7.38. The molecule has 0 saturated heterocycles. The molecule has 7 nitrogen and oxygen atoms in total. The molecule has 0 radical (unpaired) electrons. The van der Waals surface area contributed by atoms with Crippen LogP contribution in [-0.2, 0) is 4.74 Å². The number of benzene rings is 2. The second-order valence-electron chi connectivity index (χ2n) is 6.09. The second kappa shape index (κ2) is 8.42. The van der Waals surface area contributed by atoms with Crippen molar-refractivity contribution in [2.24, 2.45) is 0 Å². The minimum absolute atomic E-state index is 0.127. The predicted octanol–water partition coefficient (Wildman–Crippen LogP) is 5.32. The van der Waals surface area contributed by atoms with Gasteiger partial charge < -0.3 is 10.1 Å². The third kappa shape index (κ3) is 4.28. The van der Waals surface area contributed by atoms with E-state index in [1.165, 1.54) is 30.6 Å². The van der Waals surface area contributed by atoms with Gasteiger partial charge in [-0.05, 0) is 24.6 Å². The number of aryl methyl sites for hydroxylation is 1. The quantitative estimate of drug-likeness (QED) is 0.335. The van der Waals surface area contributed by atoms with Gasteiger partial charge in [-0.3, -0.25) is 14.9 Å². The largest absolute Gasteiger partial charge is 0.465 e. The van der Waals surface area contributed by atoms with Crippen LogP contribution in [0.1, 0.15) is 26.3 Å². The van der Waals surface area contributed by atoms with E-state index in [1.54, 1.807) is 5.38 Å². The normalized spacial score (nSPS) is 10.4. The Hall–Kier alpha value is -3.23. The van der Waals surface area contributed by atoms with E-state index in [2.05, 4.69) is 5.32 Å². The molecular formula is C20H15ClN2O5S. The summed E-state index contributed by atoms with van der Waals surface area (Å²) in [6, 6.07) is 11.3. The van der Waals surface area contributed by atoms with Crippen molar-refractivity contribution in [3.63, 3.8) is 0 Å². The van der Waals surface area contributed by atoms with E-state index in [1.807, 2.05) is 31.2 Å². The van der Waals surface area contributed by atoms with E-state index in [-0.39, 0.29) is 21.8 Å². The molecule has 3 rings (SSSR count). The number of carbonyl (C=O) groups excluding carboxylic acids is 2. The van der Waals surface area contributed by atoms with Gasteiger partial charge in [-0.15, -0.1) is 11.3 Å². The van der Waals surface area contributed by atoms with E-state index < -0.39 is 16.8 Å². The molecule has 1 aromatic heterocycles. The number of nitrogens with one attached hydrogen (secondary N) is 1. The molecule has 29 heavy (non-hydrogen) atoms. The van der Waals surface area contributed by atoms with Gasteiger partial charge in [0, 0.05) is 22.6 Å². The highest BCUT2D eigenvalue weighted by atomic mass is 35.5. The first-order valence-corrected chi connectivity index (χ1v) is 9.59. The third-order valence-corrected chi connectivity index (χ3v) is 5.37. The molecule has 0 saturated carbocycles. The van der Waals surface area contributed by atoms with Crippen molar-refractivity contribution in [1.82, 2.24) is 0 Å². The van der Waals surface area contributed by atoms with E-state index in [0.717, 1.165) is 17.2 Å². The van der Waals surface area contributed by atoms with Crippen LogP contribution < -0.4 is 5.32 Å². The highest BCUT2D eigenvalue weighted by Gasteiger charge is 2.23. The number of rotatable bonds is 5. The average molecular weight is 431 g/mol. The number of nitro groups is 1. The predicted molar refractivity (Wildman–Crippen MR) is 112 cm³/mol. The Labute approximate surface area is 175 Å². The molecule has 0 unspecified atom stereocenters. The summed E-state index contributed by atoms with van der Waals surface area (Å²) in [5, 5.41) is 15.5. The molecule has 0 aliphatic carbocycles. The van der Waals surface area contributed by atoms with Gasteiger partial charge in [-0.1, -0.05) is 41.4 Å². The Bertz CT molecular complexity index is 1110. The summed E-state index contributed by atoms with van der Waals surface area (Å²) in [7, 11) is 1.26. The van der Waals surface area contributed by atoms with Crippen molar-refractivity contribution in [3.05, 3.63) is 79.7 Å². The fourth-order valence-corrected chi connectivity index (χ4v) is 3.87. The summed E-state index contributed by atoms with van der Waals surface area (Å²) in [6.45, 7) is 1.96. The molecule has 0 aliphatic rings. The van der Waals surface area contributed by atoms with Crippen LogP contribution in [0, 0.1) is 17.0 Å². The Balaban J connectivity index is 1.96. The number of ether oxygens (including phenoxy) is 1. The van der Waals surface area contributed by atoms with Gasteiger partial charge in [0.05, 0.1) is 12.0 Å². The maximum atomic E-state index is 12.6. The summed E-state index contributed by atoms with van der Waals surface area (Å²) in [5.41, 5.74) is 2.60. The van der Waals surface area contributed by atoms with Gasteiger partial charge in [0.1, 0.15) is 15.6 Å². The molecule has 0 atom stereocenters. The summed E-state index contributed by atoms with van der Waals surface area (Å²) in [4.78, 5) is 35.2. The molecule has 0 fully saturated rings. The van der Waals surface area contributed by atoms with Crippen molar-refractivity contribution >= 4 is 45.5 Å². The number of hydrogen-bond acceptors (Lipinski definition) is 6. The van der Waals surface area contributed by atoms with Gasteiger partial charge in [-0.2, -0.15) is 0 Å². The number of thiophene rings is 1. The lowest BCUT2D eigenvalue weighted by molar-refractivity contribution is -0.384. The number of nitrogens with zero attached hydrogens (tertiary/aromatic N) is 1. The monoisotopic (exact) mass is 430 g/mol. The maximum Gasteiger partial charge on any atom is 0.341 e. The number of hydrogen-bond donors (Lipinski definition) is 1. The van der Waals surface area contributed by atoms with Crippen molar-refractivity contribution in [1.29, 1.82) is 0 Å².